The number of hydrogen-bond acceptors (Lipinski definition) is 2. The lowest BCUT2D eigenvalue weighted by molar-refractivity contribution is 0.504. The zero-order valence-electron chi connectivity index (χ0n) is 9.67. The maximum absolute atomic E-state index is 5.86. The molecule has 0 saturated heterocycles. The quantitative estimate of drug-likeness (QED) is 0.734. The highest BCUT2D eigenvalue weighted by atomic mass is 32.2. The Bertz CT molecular complexity index is 143. The molecule has 0 aromatic rings. The summed E-state index contributed by atoms with van der Waals surface area (Å²) in [5.41, 5.74) is 5.86. The van der Waals surface area contributed by atoms with E-state index in [1.165, 1.54) is 38.5 Å². The maximum atomic E-state index is 5.86. The van der Waals surface area contributed by atoms with E-state index >= 15 is 0 Å². The third kappa shape index (κ3) is 3.82. The Morgan fingerprint density at radius 3 is 2.50 bits per heavy atom. The zero-order valence-corrected chi connectivity index (χ0v) is 10.5. The van der Waals surface area contributed by atoms with Crippen LogP contribution in [0.5, 0.6) is 0 Å². The monoisotopic (exact) mass is 215 g/mol. The van der Waals surface area contributed by atoms with Gasteiger partial charge >= 0.3 is 0 Å². The zero-order chi connectivity index (χ0) is 10.4. The molecule has 0 amide bonds. The van der Waals surface area contributed by atoms with Crippen molar-refractivity contribution < 1.29 is 0 Å². The van der Waals surface area contributed by atoms with E-state index in [0.29, 0.717) is 5.25 Å². The third-order valence-corrected chi connectivity index (χ3v) is 5.14. The lowest BCUT2D eigenvalue weighted by atomic mass is 10.0. The Balaban J connectivity index is 2.29. The fourth-order valence-corrected chi connectivity index (χ4v) is 3.95. The van der Waals surface area contributed by atoms with E-state index in [0.717, 1.165) is 17.7 Å². The standard InChI is InChI=1S/C12H25NS/c1-3-6-10(2)12(9-13)14-11-7-4-5-8-11/h10-12H,3-9,13H2,1-2H3. The summed E-state index contributed by atoms with van der Waals surface area (Å²) in [5, 5.41) is 1.63. The van der Waals surface area contributed by atoms with Gasteiger partial charge in [0.1, 0.15) is 0 Å². The molecule has 2 heteroatoms. The number of nitrogens with two attached hydrogens (primary N) is 1. The van der Waals surface area contributed by atoms with Gasteiger partial charge in [0.2, 0.25) is 0 Å². The summed E-state index contributed by atoms with van der Waals surface area (Å²) in [4.78, 5) is 0. The van der Waals surface area contributed by atoms with Gasteiger partial charge in [-0.3, -0.25) is 0 Å². The fraction of sp³-hybridized carbons (Fsp3) is 1.00. The summed E-state index contributed by atoms with van der Waals surface area (Å²) < 4.78 is 0. The fourth-order valence-electron chi connectivity index (χ4n) is 2.33. The van der Waals surface area contributed by atoms with Gasteiger partial charge in [0.05, 0.1) is 0 Å². The summed E-state index contributed by atoms with van der Waals surface area (Å²) in [6, 6.07) is 0. The Kier molecular flexibility index (Phi) is 5.95. The number of thioether (sulfide) groups is 1. The van der Waals surface area contributed by atoms with E-state index in [9.17, 15) is 0 Å². The van der Waals surface area contributed by atoms with Gasteiger partial charge in [0.15, 0.2) is 0 Å². The van der Waals surface area contributed by atoms with Crippen molar-refractivity contribution in [2.75, 3.05) is 6.54 Å². The Hall–Kier alpha value is 0.310. The van der Waals surface area contributed by atoms with Crippen molar-refractivity contribution in [1.29, 1.82) is 0 Å². The molecular formula is C12H25NS. The first kappa shape index (κ1) is 12.4. The highest BCUT2D eigenvalue weighted by molar-refractivity contribution is 8.00. The topological polar surface area (TPSA) is 26.0 Å². The predicted octanol–water partition coefficient (Wildman–Crippen LogP) is 3.43. The number of rotatable bonds is 6. The van der Waals surface area contributed by atoms with Crippen molar-refractivity contribution >= 4 is 11.8 Å². The summed E-state index contributed by atoms with van der Waals surface area (Å²) >= 11 is 2.18. The van der Waals surface area contributed by atoms with Gasteiger partial charge in [0.25, 0.3) is 0 Å². The minimum atomic E-state index is 0.707. The Morgan fingerprint density at radius 1 is 1.36 bits per heavy atom. The van der Waals surface area contributed by atoms with E-state index in [4.69, 9.17) is 5.73 Å². The third-order valence-electron chi connectivity index (χ3n) is 3.28. The highest BCUT2D eigenvalue weighted by Crippen LogP contribution is 2.35. The molecule has 14 heavy (non-hydrogen) atoms. The SMILES string of the molecule is CCCC(C)C(CN)SC1CCCC1. The predicted molar refractivity (Wildman–Crippen MR) is 66.8 cm³/mol. The molecule has 0 spiro atoms. The average molecular weight is 215 g/mol. The Morgan fingerprint density at radius 2 is 2.00 bits per heavy atom. The molecular weight excluding hydrogens is 190 g/mol. The first-order chi connectivity index (χ1) is 6.77. The largest absolute Gasteiger partial charge is 0.329 e. The van der Waals surface area contributed by atoms with Gasteiger partial charge < -0.3 is 5.73 Å². The second kappa shape index (κ2) is 6.73. The van der Waals surface area contributed by atoms with Crippen LogP contribution < -0.4 is 5.73 Å². The minimum absolute atomic E-state index is 0.707. The van der Waals surface area contributed by atoms with Gasteiger partial charge in [0, 0.05) is 17.0 Å². The van der Waals surface area contributed by atoms with Crippen molar-refractivity contribution in [2.24, 2.45) is 11.7 Å². The van der Waals surface area contributed by atoms with Gasteiger partial charge in [-0.15, -0.1) is 0 Å². The van der Waals surface area contributed by atoms with Crippen molar-refractivity contribution in [3.63, 3.8) is 0 Å². The summed E-state index contributed by atoms with van der Waals surface area (Å²) in [7, 11) is 0. The Labute approximate surface area is 93.2 Å². The molecule has 0 bridgehead atoms. The van der Waals surface area contributed by atoms with E-state index in [1.54, 1.807) is 0 Å². The van der Waals surface area contributed by atoms with E-state index < -0.39 is 0 Å². The lowest BCUT2D eigenvalue weighted by Gasteiger charge is -2.24. The summed E-state index contributed by atoms with van der Waals surface area (Å²) in [5.74, 6) is 0.801. The van der Waals surface area contributed by atoms with Crippen LogP contribution >= 0.6 is 11.8 Å². The summed E-state index contributed by atoms with van der Waals surface area (Å²) in [6.45, 7) is 5.50. The average Bonchev–Trinajstić information content (AvgIpc) is 2.66. The molecule has 1 aliphatic carbocycles. The van der Waals surface area contributed by atoms with E-state index in [-0.39, 0.29) is 0 Å². The molecule has 2 unspecified atom stereocenters. The van der Waals surface area contributed by atoms with E-state index in [1.807, 2.05) is 0 Å². The first-order valence-electron chi connectivity index (χ1n) is 6.13. The molecule has 0 aliphatic heterocycles. The van der Waals surface area contributed by atoms with Crippen LogP contribution in [0, 0.1) is 5.92 Å². The van der Waals surface area contributed by atoms with Gasteiger partial charge in [-0.25, -0.2) is 0 Å². The molecule has 0 aromatic heterocycles. The van der Waals surface area contributed by atoms with Crippen LogP contribution in [0.15, 0.2) is 0 Å². The molecule has 84 valence electrons. The lowest BCUT2D eigenvalue weighted by Crippen LogP contribution is -2.26. The molecule has 1 saturated carbocycles. The van der Waals surface area contributed by atoms with Crippen LogP contribution in [-0.2, 0) is 0 Å². The van der Waals surface area contributed by atoms with Crippen LogP contribution in [0.1, 0.15) is 52.4 Å². The second-order valence-electron chi connectivity index (χ2n) is 4.58. The van der Waals surface area contributed by atoms with Crippen molar-refractivity contribution in [2.45, 2.75) is 62.9 Å². The molecule has 0 heterocycles. The second-order valence-corrected chi connectivity index (χ2v) is 6.13. The molecule has 1 nitrogen and oxygen atoms in total. The van der Waals surface area contributed by atoms with Crippen LogP contribution in [0.25, 0.3) is 0 Å². The number of hydrogen-bond donors (Lipinski definition) is 1. The summed E-state index contributed by atoms with van der Waals surface area (Å²) in [6.07, 6.45) is 8.37. The van der Waals surface area contributed by atoms with Crippen LogP contribution in [-0.4, -0.2) is 17.0 Å². The molecule has 1 rings (SSSR count). The van der Waals surface area contributed by atoms with Crippen molar-refractivity contribution in [1.82, 2.24) is 0 Å². The van der Waals surface area contributed by atoms with Crippen LogP contribution in [0.3, 0.4) is 0 Å². The smallest absolute Gasteiger partial charge is 0.0198 e. The normalized spacial score (nSPS) is 22.5. The molecule has 2 N–H and O–H groups in total. The minimum Gasteiger partial charge on any atom is -0.329 e. The molecule has 1 aliphatic rings. The first-order valence-corrected chi connectivity index (χ1v) is 7.07. The highest BCUT2D eigenvalue weighted by Gasteiger charge is 2.23. The maximum Gasteiger partial charge on any atom is 0.0198 e. The van der Waals surface area contributed by atoms with Gasteiger partial charge in [-0.2, -0.15) is 11.8 Å². The van der Waals surface area contributed by atoms with Crippen molar-refractivity contribution in [3.05, 3.63) is 0 Å². The van der Waals surface area contributed by atoms with Crippen molar-refractivity contribution in [3.8, 4) is 0 Å². The molecule has 0 aromatic carbocycles. The van der Waals surface area contributed by atoms with E-state index in [2.05, 4.69) is 25.6 Å². The molecule has 1 fully saturated rings. The molecule has 0 radical (unpaired) electrons. The van der Waals surface area contributed by atoms with Crippen LogP contribution in [0.2, 0.25) is 0 Å². The molecule has 2 atom stereocenters. The van der Waals surface area contributed by atoms with Gasteiger partial charge in [-0.05, 0) is 25.2 Å². The van der Waals surface area contributed by atoms with Gasteiger partial charge in [-0.1, -0.05) is 33.1 Å². The van der Waals surface area contributed by atoms with Crippen LogP contribution in [0.4, 0.5) is 0 Å².